The first-order valence-corrected chi connectivity index (χ1v) is 8.34. The number of amides is 4. The van der Waals surface area contributed by atoms with Crippen molar-refractivity contribution in [2.45, 2.75) is 12.5 Å². The monoisotopic (exact) mass is 369 g/mol. The molecule has 4 amide bonds. The number of aliphatic imine (C=N–C) groups is 1. The maximum Gasteiger partial charge on any atom is 0.335 e. The highest BCUT2D eigenvalue weighted by atomic mass is 16.3. The Kier molecular flexibility index (Phi) is 5.02. The summed E-state index contributed by atoms with van der Waals surface area (Å²) in [4.78, 5) is 42.3. The molecule has 0 saturated carbocycles. The maximum atomic E-state index is 12.9. The van der Waals surface area contributed by atoms with Crippen LogP contribution >= 0.6 is 0 Å². The third-order valence-corrected chi connectivity index (χ3v) is 4.43. The average molecular weight is 369 g/mol. The highest BCUT2D eigenvalue weighted by Gasteiger charge is 2.41. The number of fused-ring (bicyclic) bond motifs is 1. The van der Waals surface area contributed by atoms with Crippen LogP contribution in [0, 0.1) is 5.92 Å². The average Bonchev–Trinajstić information content (AvgIpc) is 2.67. The van der Waals surface area contributed by atoms with Crippen LogP contribution in [0.15, 0.2) is 47.5 Å². The highest BCUT2D eigenvalue weighted by Crippen LogP contribution is 2.29. The molecule has 1 fully saturated rings. The fourth-order valence-electron chi connectivity index (χ4n) is 2.74. The summed E-state index contributed by atoms with van der Waals surface area (Å²) in [6, 6.07) is 11.6. The van der Waals surface area contributed by atoms with Gasteiger partial charge in [-0.1, -0.05) is 36.4 Å². The lowest BCUT2D eigenvalue weighted by Crippen LogP contribution is -2.59. The molecule has 1 aliphatic heterocycles. The summed E-state index contributed by atoms with van der Waals surface area (Å²) in [6.07, 6.45) is 1.06. The van der Waals surface area contributed by atoms with Gasteiger partial charge in [-0.3, -0.25) is 19.9 Å². The predicted molar refractivity (Wildman–Crippen MR) is 99.5 cm³/mol. The number of rotatable bonds is 5. The molecule has 140 valence electrons. The molecule has 8 heteroatoms. The van der Waals surface area contributed by atoms with Crippen LogP contribution in [0.3, 0.4) is 0 Å². The van der Waals surface area contributed by atoms with Crippen molar-refractivity contribution in [2.75, 3.05) is 18.1 Å². The second-order valence-corrected chi connectivity index (χ2v) is 6.54. The molecule has 3 N–H and O–H groups in total. The van der Waals surface area contributed by atoms with Gasteiger partial charge >= 0.3 is 6.03 Å². The Morgan fingerprint density at radius 3 is 2.48 bits per heavy atom. The molecule has 1 unspecified atom stereocenters. The van der Waals surface area contributed by atoms with Gasteiger partial charge in [0, 0.05) is 11.6 Å². The van der Waals surface area contributed by atoms with E-state index >= 15 is 0 Å². The van der Waals surface area contributed by atoms with Crippen molar-refractivity contribution < 1.29 is 24.6 Å². The number of carbonyl (C=O) groups is 3. The first-order valence-electron chi connectivity index (χ1n) is 8.34. The molecule has 3 rings (SSSR count). The molecule has 2 aromatic rings. The van der Waals surface area contributed by atoms with Crippen LogP contribution in [0.5, 0.6) is 0 Å². The molecule has 0 bridgehead atoms. The van der Waals surface area contributed by atoms with Gasteiger partial charge in [-0.2, -0.15) is 0 Å². The number of imide groups is 2. The number of carbonyl (C=O) groups excluding carboxylic acids is 3. The van der Waals surface area contributed by atoms with Gasteiger partial charge in [0.25, 0.3) is 5.91 Å². The fraction of sp³-hybridized carbons (Fsp3) is 0.263. The van der Waals surface area contributed by atoms with Gasteiger partial charge in [0.1, 0.15) is 5.54 Å². The first-order chi connectivity index (χ1) is 12.9. The molecule has 0 aliphatic carbocycles. The molecule has 0 spiro atoms. The molecule has 1 saturated heterocycles. The Hall–Kier alpha value is -3.10. The van der Waals surface area contributed by atoms with Crippen molar-refractivity contribution >= 4 is 40.5 Å². The minimum atomic E-state index is -1.35. The summed E-state index contributed by atoms with van der Waals surface area (Å²) >= 11 is 0. The zero-order chi connectivity index (χ0) is 19.6. The normalized spacial score (nSPS) is 18.4. The Morgan fingerprint density at radius 1 is 1.11 bits per heavy atom. The largest absolute Gasteiger partial charge is 0.394 e. The third kappa shape index (κ3) is 3.44. The van der Waals surface area contributed by atoms with Crippen LogP contribution in [0.1, 0.15) is 6.92 Å². The van der Waals surface area contributed by atoms with Crippen molar-refractivity contribution in [3.05, 3.63) is 42.5 Å². The van der Waals surface area contributed by atoms with Crippen LogP contribution in [-0.4, -0.2) is 53.0 Å². The first kappa shape index (κ1) is 18.7. The van der Waals surface area contributed by atoms with E-state index in [1.54, 1.807) is 24.3 Å². The van der Waals surface area contributed by atoms with E-state index in [9.17, 15) is 24.6 Å². The molecule has 8 nitrogen and oxygen atoms in total. The van der Waals surface area contributed by atoms with Gasteiger partial charge in [-0.05, 0) is 18.4 Å². The topological polar surface area (TPSA) is 119 Å². The molecule has 0 radical (unpaired) electrons. The number of hydrogen-bond acceptors (Lipinski definition) is 6. The predicted octanol–water partition coefficient (Wildman–Crippen LogP) is 0.853. The lowest BCUT2D eigenvalue weighted by Gasteiger charge is -2.30. The van der Waals surface area contributed by atoms with Crippen LogP contribution in [0.4, 0.5) is 10.5 Å². The van der Waals surface area contributed by atoms with E-state index in [-0.39, 0.29) is 0 Å². The summed E-state index contributed by atoms with van der Waals surface area (Å²) in [5.74, 6) is -2.90. The maximum absolute atomic E-state index is 12.9. The van der Waals surface area contributed by atoms with Crippen LogP contribution in [-0.2, 0) is 9.59 Å². The number of hydrogen-bond donors (Lipinski definition) is 3. The summed E-state index contributed by atoms with van der Waals surface area (Å²) in [7, 11) is 0. The van der Waals surface area contributed by atoms with Gasteiger partial charge in [0.15, 0.2) is 5.92 Å². The Labute approximate surface area is 155 Å². The van der Waals surface area contributed by atoms with Crippen molar-refractivity contribution in [3.8, 4) is 0 Å². The minimum absolute atomic E-state index is 0.355. The van der Waals surface area contributed by atoms with Crippen molar-refractivity contribution in [2.24, 2.45) is 10.9 Å². The van der Waals surface area contributed by atoms with Crippen LogP contribution in [0.2, 0.25) is 0 Å². The Bertz CT molecular complexity index is 931. The number of nitrogens with zero attached hydrogens (tertiary/aromatic N) is 2. The molecular weight excluding hydrogens is 350 g/mol. The SMILES string of the molecule is CC(CO)(CO)N=CC1C(=O)NC(=O)N(c2cccc3ccccc23)C1=O. The summed E-state index contributed by atoms with van der Waals surface area (Å²) in [5.41, 5.74) is -0.875. The third-order valence-electron chi connectivity index (χ3n) is 4.43. The molecular formula is C19H19N3O5. The van der Waals surface area contributed by atoms with E-state index in [4.69, 9.17) is 0 Å². The van der Waals surface area contributed by atoms with Gasteiger partial charge in [0.05, 0.1) is 18.9 Å². The number of aliphatic hydroxyl groups is 2. The summed E-state index contributed by atoms with van der Waals surface area (Å²) in [6.45, 7) is 0.547. The van der Waals surface area contributed by atoms with E-state index in [0.717, 1.165) is 16.5 Å². The van der Waals surface area contributed by atoms with Crippen molar-refractivity contribution in [3.63, 3.8) is 0 Å². The second-order valence-electron chi connectivity index (χ2n) is 6.54. The van der Waals surface area contributed by atoms with Crippen LogP contribution < -0.4 is 10.2 Å². The highest BCUT2D eigenvalue weighted by molar-refractivity contribution is 6.33. The van der Waals surface area contributed by atoms with E-state index in [0.29, 0.717) is 11.1 Å². The van der Waals surface area contributed by atoms with Crippen LogP contribution in [0.25, 0.3) is 10.8 Å². The quantitative estimate of drug-likeness (QED) is 0.533. The molecule has 0 aromatic heterocycles. The molecule has 1 atom stereocenters. The molecule has 1 aliphatic rings. The van der Waals surface area contributed by atoms with Crippen molar-refractivity contribution in [1.29, 1.82) is 0 Å². The fourth-order valence-corrected chi connectivity index (χ4v) is 2.74. The lowest BCUT2D eigenvalue weighted by atomic mass is 10.0. The Balaban J connectivity index is 2.01. The lowest BCUT2D eigenvalue weighted by molar-refractivity contribution is -0.131. The number of urea groups is 1. The summed E-state index contributed by atoms with van der Waals surface area (Å²) in [5, 5.41) is 22.3. The summed E-state index contributed by atoms with van der Waals surface area (Å²) < 4.78 is 0. The van der Waals surface area contributed by atoms with Gasteiger partial charge in [0.2, 0.25) is 5.91 Å². The minimum Gasteiger partial charge on any atom is -0.394 e. The number of benzene rings is 2. The van der Waals surface area contributed by atoms with Gasteiger partial charge in [-0.25, -0.2) is 9.69 Å². The smallest absolute Gasteiger partial charge is 0.335 e. The number of nitrogens with one attached hydrogen (secondary N) is 1. The standard InChI is InChI=1S/C19H19N3O5/c1-19(10-23,11-24)20-9-14-16(25)21-18(27)22(17(14)26)15-8-4-6-12-5-2-3-7-13(12)15/h2-9,14,23-24H,10-11H2,1H3,(H,21,25,27). The number of barbiturate groups is 1. The van der Waals surface area contributed by atoms with Crippen molar-refractivity contribution in [1.82, 2.24) is 5.32 Å². The molecule has 2 aromatic carbocycles. The zero-order valence-electron chi connectivity index (χ0n) is 14.6. The van der Waals surface area contributed by atoms with E-state index in [2.05, 4.69) is 10.3 Å². The molecule has 1 heterocycles. The molecule has 27 heavy (non-hydrogen) atoms. The van der Waals surface area contributed by atoms with E-state index < -0.39 is 42.5 Å². The number of aliphatic hydroxyl groups excluding tert-OH is 2. The van der Waals surface area contributed by atoms with E-state index in [1.807, 2.05) is 18.2 Å². The van der Waals surface area contributed by atoms with Gasteiger partial charge < -0.3 is 10.2 Å². The van der Waals surface area contributed by atoms with E-state index in [1.165, 1.54) is 6.92 Å². The second kappa shape index (κ2) is 7.26. The number of anilines is 1. The van der Waals surface area contributed by atoms with Gasteiger partial charge in [-0.15, -0.1) is 0 Å². The zero-order valence-corrected chi connectivity index (χ0v) is 14.6. The Morgan fingerprint density at radius 2 is 1.78 bits per heavy atom.